The topological polar surface area (TPSA) is 58.6 Å². The van der Waals surface area contributed by atoms with Gasteiger partial charge in [-0.05, 0) is 12.1 Å². The number of aromatic carboxylic acids is 1. The third-order valence-electron chi connectivity index (χ3n) is 1.33. The first-order chi connectivity index (χ1) is 6.67. The average Bonchev–Trinajstić information content (AvgIpc) is 2.19. The molecule has 0 radical (unpaired) electrons. The van der Waals surface area contributed by atoms with Gasteiger partial charge in [-0.15, -0.1) is 0 Å². The summed E-state index contributed by atoms with van der Waals surface area (Å²) in [4.78, 5) is 10.4. The molecular weight excluding hydrogens is 184 g/mol. The third kappa shape index (κ3) is 3.91. The number of hydrogen-bond donors (Lipinski definition) is 0. The van der Waals surface area contributed by atoms with E-state index in [1.807, 2.05) is 0 Å². The number of rotatable bonds is 2. The Hall–Kier alpha value is -1.55. The fraction of sp³-hybridized carbons (Fsp3) is 0.300. The summed E-state index contributed by atoms with van der Waals surface area (Å²) in [6.45, 7) is 0. The van der Waals surface area contributed by atoms with Crippen molar-refractivity contribution in [1.29, 1.82) is 0 Å². The van der Waals surface area contributed by atoms with Crippen LogP contribution in [0.3, 0.4) is 0 Å². The second-order valence-corrected chi connectivity index (χ2v) is 2.40. The Morgan fingerprint density at radius 2 is 1.71 bits per heavy atom. The molecule has 4 heteroatoms. The summed E-state index contributed by atoms with van der Waals surface area (Å²) in [5.41, 5.74) is 0.0787. The lowest BCUT2D eigenvalue weighted by Crippen LogP contribution is -2.22. The molecule has 0 aliphatic carbocycles. The van der Waals surface area contributed by atoms with Crippen LogP contribution in [-0.2, 0) is 4.74 Å². The Bertz CT molecular complexity index is 283. The molecule has 0 aliphatic rings. The van der Waals surface area contributed by atoms with Crippen LogP contribution in [0.5, 0.6) is 5.75 Å². The molecule has 0 atom stereocenters. The largest absolute Gasteiger partial charge is 0.545 e. The van der Waals surface area contributed by atoms with Crippen LogP contribution in [0.2, 0.25) is 0 Å². The number of methoxy groups -OCH3 is 2. The van der Waals surface area contributed by atoms with Crippen LogP contribution in [0.1, 0.15) is 10.4 Å². The number of ether oxygens (including phenoxy) is 2. The summed E-state index contributed by atoms with van der Waals surface area (Å²) in [5.74, 6) is -0.894. The fourth-order valence-corrected chi connectivity index (χ4v) is 0.813. The van der Waals surface area contributed by atoms with Crippen LogP contribution in [0.15, 0.2) is 24.3 Å². The van der Waals surface area contributed by atoms with Crippen molar-refractivity contribution in [2.45, 2.75) is 0 Å². The van der Waals surface area contributed by atoms with Gasteiger partial charge in [0.15, 0.2) is 0 Å². The Morgan fingerprint density at radius 1 is 1.21 bits per heavy atom. The van der Waals surface area contributed by atoms with Gasteiger partial charge in [0.05, 0.1) is 13.1 Å². The van der Waals surface area contributed by atoms with Crippen molar-refractivity contribution >= 4 is 5.97 Å². The molecule has 1 aromatic carbocycles. The summed E-state index contributed by atoms with van der Waals surface area (Å²) in [6, 6.07) is 6.33. The molecule has 14 heavy (non-hydrogen) atoms. The SMILES string of the molecule is COC.COc1ccccc1C(=O)[O-]. The molecule has 1 aromatic rings. The van der Waals surface area contributed by atoms with E-state index in [1.165, 1.54) is 13.2 Å². The molecular formula is C10H13O4-. The molecule has 4 nitrogen and oxygen atoms in total. The van der Waals surface area contributed by atoms with Gasteiger partial charge in [0.2, 0.25) is 0 Å². The number of carboxylic acids is 1. The highest BCUT2D eigenvalue weighted by Crippen LogP contribution is 2.15. The van der Waals surface area contributed by atoms with Gasteiger partial charge < -0.3 is 19.4 Å². The number of carboxylic acid groups (broad SMARTS) is 1. The van der Waals surface area contributed by atoms with Crippen molar-refractivity contribution in [3.63, 3.8) is 0 Å². The van der Waals surface area contributed by atoms with Gasteiger partial charge in [0.1, 0.15) is 5.75 Å². The monoisotopic (exact) mass is 197 g/mol. The minimum Gasteiger partial charge on any atom is -0.545 e. The highest BCUT2D eigenvalue weighted by Gasteiger charge is 1.99. The van der Waals surface area contributed by atoms with Crippen molar-refractivity contribution in [2.24, 2.45) is 0 Å². The number of hydrogen-bond acceptors (Lipinski definition) is 4. The van der Waals surface area contributed by atoms with Crippen molar-refractivity contribution in [3.05, 3.63) is 29.8 Å². The zero-order valence-corrected chi connectivity index (χ0v) is 8.44. The van der Waals surface area contributed by atoms with Gasteiger partial charge in [0, 0.05) is 19.8 Å². The van der Waals surface area contributed by atoms with Gasteiger partial charge in [0.25, 0.3) is 0 Å². The molecule has 1 rings (SSSR count). The van der Waals surface area contributed by atoms with E-state index in [4.69, 9.17) is 4.74 Å². The van der Waals surface area contributed by atoms with Gasteiger partial charge in [-0.1, -0.05) is 12.1 Å². The van der Waals surface area contributed by atoms with E-state index in [1.54, 1.807) is 32.4 Å². The molecule has 78 valence electrons. The van der Waals surface area contributed by atoms with E-state index in [9.17, 15) is 9.90 Å². The standard InChI is InChI=1S/C8H8O3.C2H6O/c1-11-7-5-3-2-4-6(7)8(9)10;1-3-2/h2-5H,1H3,(H,9,10);1-2H3/p-1. The summed E-state index contributed by atoms with van der Waals surface area (Å²) in [5, 5.41) is 10.4. The van der Waals surface area contributed by atoms with E-state index in [2.05, 4.69) is 4.74 Å². The molecule has 0 aliphatic heterocycles. The van der Waals surface area contributed by atoms with E-state index in [0.717, 1.165) is 0 Å². The average molecular weight is 197 g/mol. The predicted molar refractivity (Wildman–Crippen MR) is 50.3 cm³/mol. The van der Waals surface area contributed by atoms with Gasteiger partial charge in [-0.25, -0.2) is 0 Å². The maximum absolute atomic E-state index is 10.4. The van der Waals surface area contributed by atoms with Gasteiger partial charge >= 0.3 is 0 Å². The lowest BCUT2D eigenvalue weighted by atomic mass is 10.2. The molecule has 0 saturated carbocycles. The molecule has 0 saturated heterocycles. The Kier molecular flexibility index (Phi) is 6.15. The number of carbonyl (C=O) groups is 1. The van der Waals surface area contributed by atoms with Crippen LogP contribution in [-0.4, -0.2) is 27.3 Å². The predicted octanol–water partition coefficient (Wildman–Crippen LogP) is 0.321. The number of benzene rings is 1. The summed E-state index contributed by atoms with van der Waals surface area (Å²) < 4.78 is 9.04. The maximum atomic E-state index is 10.4. The third-order valence-corrected chi connectivity index (χ3v) is 1.33. The highest BCUT2D eigenvalue weighted by atomic mass is 16.5. The molecule has 0 heterocycles. The fourth-order valence-electron chi connectivity index (χ4n) is 0.813. The first-order valence-corrected chi connectivity index (χ1v) is 3.91. The van der Waals surface area contributed by atoms with E-state index >= 15 is 0 Å². The Balaban J connectivity index is 0.000000500. The smallest absolute Gasteiger partial charge is 0.127 e. The number of para-hydroxylation sites is 1. The second-order valence-electron chi connectivity index (χ2n) is 2.40. The molecule has 0 fully saturated rings. The second kappa shape index (κ2) is 6.91. The van der Waals surface area contributed by atoms with Gasteiger partial charge in [-0.2, -0.15) is 0 Å². The molecule has 0 amide bonds. The summed E-state index contributed by atoms with van der Waals surface area (Å²) in [7, 11) is 4.67. The molecule has 0 spiro atoms. The quantitative estimate of drug-likeness (QED) is 0.685. The molecule has 0 N–H and O–H groups in total. The van der Waals surface area contributed by atoms with Crippen LogP contribution in [0.25, 0.3) is 0 Å². The van der Waals surface area contributed by atoms with Crippen molar-refractivity contribution in [3.8, 4) is 5.75 Å². The minimum atomic E-state index is -1.22. The van der Waals surface area contributed by atoms with Crippen LogP contribution < -0.4 is 9.84 Å². The minimum absolute atomic E-state index is 0.0787. The molecule has 0 unspecified atom stereocenters. The zero-order chi connectivity index (χ0) is 11.0. The van der Waals surface area contributed by atoms with Crippen molar-refractivity contribution in [2.75, 3.05) is 21.3 Å². The van der Waals surface area contributed by atoms with Gasteiger partial charge in [-0.3, -0.25) is 0 Å². The first kappa shape index (κ1) is 12.4. The summed E-state index contributed by atoms with van der Waals surface area (Å²) in [6.07, 6.45) is 0. The first-order valence-electron chi connectivity index (χ1n) is 3.91. The van der Waals surface area contributed by atoms with Crippen LogP contribution in [0, 0.1) is 0 Å². The lowest BCUT2D eigenvalue weighted by molar-refractivity contribution is -0.255. The number of carbonyl (C=O) groups excluding carboxylic acids is 1. The van der Waals surface area contributed by atoms with Crippen LogP contribution in [0.4, 0.5) is 0 Å². The van der Waals surface area contributed by atoms with E-state index < -0.39 is 5.97 Å². The Morgan fingerprint density at radius 3 is 2.07 bits per heavy atom. The molecule has 0 aromatic heterocycles. The molecule has 0 bridgehead atoms. The zero-order valence-electron chi connectivity index (χ0n) is 8.44. The van der Waals surface area contributed by atoms with Crippen LogP contribution >= 0.6 is 0 Å². The van der Waals surface area contributed by atoms with Crippen molar-refractivity contribution in [1.82, 2.24) is 0 Å². The Labute approximate surface area is 83.1 Å². The maximum Gasteiger partial charge on any atom is 0.127 e. The van der Waals surface area contributed by atoms with Crippen molar-refractivity contribution < 1.29 is 19.4 Å². The normalized spacial score (nSPS) is 8.50. The lowest BCUT2D eigenvalue weighted by Gasteiger charge is -2.07. The highest BCUT2D eigenvalue weighted by molar-refractivity contribution is 5.89. The summed E-state index contributed by atoms with van der Waals surface area (Å²) >= 11 is 0. The van der Waals surface area contributed by atoms with E-state index in [0.29, 0.717) is 5.75 Å². The van der Waals surface area contributed by atoms with E-state index in [-0.39, 0.29) is 5.56 Å².